The molecule has 1 N–H and O–H groups in total. The highest BCUT2D eigenvalue weighted by atomic mass is 14.9. The maximum atomic E-state index is 9.07. The molecule has 0 saturated carbocycles. The van der Waals surface area contributed by atoms with Crippen LogP contribution in [0.15, 0.2) is 30.3 Å². The molecule has 18 heavy (non-hydrogen) atoms. The zero-order chi connectivity index (χ0) is 13.6. The molecule has 1 unspecified atom stereocenters. The van der Waals surface area contributed by atoms with Crippen molar-refractivity contribution in [3.8, 4) is 6.07 Å². The fourth-order valence-corrected chi connectivity index (χ4v) is 1.91. The number of nitriles is 1. The topological polar surface area (TPSA) is 35.8 Å². The highest BCUT2D eigenvalue weighted by molar-refractivity contribution is 5.19. The van der Waals surface area contributed by atoms with E-state index in [-0.39, 0.29) is 5.41 Å². The van der Waals surface area contributed by atoms with Crippen LogP contribution >= 0.6 is 0 Å². The normalized spacial score (nSPS) is 13.3. The van der Waals surface area contributed by atoms with Gasteiger partial charge in [-0.25, -0.2) is 0 Å². The minimum atomic E-state index is -0.315. The van der Waals surface area contributed by atoms with Crippen LogP contribution in [-0.2, 0) is 0 Å². The average molecular weight is 244 g/mol. The van der Waals surface area contributed by atoms with E-state index < -0.39 is 0 Å². The molecule has 0 amide bonds. The van der Waals surface area contributed by atoms with Crippen molar-refractivity contribution < 1.29 is 0 Å². The van der Waals surface area contributed by atoms with Gasteiger partial charge >= 0.3 is 0 Å². The molecule has 0 heterocycles. The predicted molar refractivity (Wildman–Crippen MR) is 76.0 cm³/mol. The highest BCUT2D eigenvalue weighted by Gasteiger charge is 2.20. The Balaban J connectivity index is 2.72. The zero-order valence-corrected chi connectivity index (χ0v) is 11.9. The van der Waals surface area contributed by atoms with E-state index in [9.17, 15) is 0 Å². The van der Waals surface area contributed by atoms with Crippen LogP contribution in [0, 0.1) is 22.7 Å². The molecule has 0 fully saturated rings. The van der Waals surface area contributed by atoms with Crippen molar-refractivity contribution in [3.05, 3.63) is 35.9 Å². The largest absolute Gasteiger partial charge is 0.308 e. The van der Waals surface area contributed by atoms with Gasteiger partial charge in [0.2, 0.25) is 0 Å². The molecular weight excluding hydrogens is 220 g/mol. The van der Waals surface area contributed by atoms with Gasteiger partial charge in [-0.05, 0) is 31.7 Å². The van der Waals surface area contributed by atoms with E-state index in [1.54, 1.807) is 0 Å². The third-order valence-corrected chi connectivity index (χ3v) is 3.00. The van der Waals surface area contributed by atoms with Gasteiger partial charge in [0.1, 0.15) is 0 Å². The summed E-state index contributed by atoms with van der Waals surface area (Å²) >= 11 is 0. The first-order chi connectivity index (χ1) is 8.44. The lowest BCUT2D eigenvalue weighted by Gasteiger charge is -2.25. The molecule has 0 aliphatic rings. The first-order valence-electron chi connectivity index (χ1n) is 6.64. The molecule has 0 bridgehead atoms. The van der Waals surface area contributed by atoms with E-state index in [1.165, 1.54) is 5.56 Å². The Morgan fingerprint density at radius 3 is 2.33 bits per heavy atom. The molecule has 0 aliphatic carbocycles. The summed E-state index contributed by atoms with van der Waals surface area (Å²) in [4.78, 5) is 0. The molecule has 0 saturated heterocycles. The second kappa shape index (κ2) is 6.56. The summed E-state index contributed by atoms with van der Waals surface area (Å²) in [6.07, 6.45) is 1.09. The lowest BCUT2D eigenvalue weighted by molar-refractivity contribution is 0.366. The smallest absolute Gasteiger partial charge is 0.0697 e. The molecule has 98 valence electrons. The van der Waals surface area contributed by atoms with Crippen LogP contribution in [0.25, 0.3) is 0 Å². The van der Waals surface area contributed by atoms with Gasteiger partial charge in [0.25, 0.3) is 0 Å². The number of rotatable bonds is 6. The van der Waals surface area contributed by atoms with Crippen molar-refractivity contribution >= 4 is 0 Å². The van der Waals surface area contributed by atoms with Crippen molar-refractivity contribution in [2.45, 2.75) is 40.2 Å². The SMILES string of the molecule is CC(C)CC(NCC(C)(C)C#N)c1ccccc1. The molecule has 0 spiro atoms. The van der Waals surface area contributed by atoms with Gasteiger partial charge in [-0.2, -0.15) is 5.26 Å². The molecule has 0 aliphatic heterocycles. The van der Waals surface area contributed by atoms with Crippen LogP contribution in [0.5, 0.6) is 0 Å². The molecule has 1 rings (SSSR count). The van der Waals surface area contributed by atoms with Gasteiger partial charge in [0, 0.05) is 12.6 Å². The van der Waals surface area contributed by atoms with Crippen molar-refractivity contribution in [2.75, 3.05) is 6.54 Å². The number of hydrogen-bond acceptors (Lipinski definition) is 2. The first-order valence-corrected chi connectivity index (χ1v) is 6.64. The lowest BCUT2D eigenvalue weighted by atomic mass is 9.92. The summed E-state index contributed by atoms with van der Waals surface area (Å²) in [7, 11) is 0. The maximum absolute atomic E-state index is 9.07. The van der Waals surface area contributed by atoms with Gasteiger partial charge in [-0.3, -0.25) is 0 Å². The first kappa shape index (κ1) is 14.7. The molecular formula is C16H24N2. The van der Waals surface area contributed by atoms with Crippen molar-refractivity contribution in [1.82, 2.24) is 5.32 Å². The van der Waals surface area contributed by atoms with Gasteiger partial charge in [0.15, 0.2) is 0 Å². The van der Waals surface area contributed by atoms with Crippen LogP contribution in [0.2, 0.25) is 0 Å². The van der Waals surface area contributed by atoms with Crippen LogP contribution in [-0.4, -0.2) is 6.54 Å². The average Bonchev–Trinajstić information content (AvgIpc) is 2.35. The van der Waals surface area contributed by atoms with Crippen molar-refractivity contribution in [3.63, 3.8) is 0 Å². The van der Waals surface area contributed by atoms with Crippen LogP contribution in [0.1, 0.15) is 45.7 Å². The Kier molecular flexibility index (Phi) is 5.37. The summed E-state index contributed by atoms with van der Waals surface area (Å²) in [5.74, 6) is 0.632. The Morgan fingerprint density at radius 2 is 1.83 bits per heavy atom. The standard InChI is InChI=1S/C16H24N2/c1-13(2)10-15(14-8-6-5-7-9-14)18-12-16(3,4)11-17/h5-9,13,15,18H,10,12H2,1-4H3. The van der Waals surface area contributed by atoms with E-state index >= 15 is 0 Å². The molecule has 2 heteroatoms. The molecule has 0 aromatic heterocycles. The predicted octanol–water partition coefficient (Wildman–Crippen LogP) is 3.91. The molecule has 0 radical (unpaired) electrons. The number of nitrogens with zero attached hydrogens (tertiary/aromatic N) is 1. The third-order valence-electron chi connectivity index (χ3n) is 3.00. The van der Waals surface area contributed by atoms with E-state index in [0.717, 1.165) is 13.0 Å². The number of nitrogens with one attached hydrogen (secondary N) is 1. The van der Waals surface area contributed by atoms with Gasteiger partial charge in [0.05, 0.1) is 11.5 Å². The van der Waals surface area contributed by atoms with Gasteiger partial charge in [-0.1, -0.05) is 44.2 Å². The molecule has 1 aromatic carbocycles. The van der Waals surface area contributed by atoms with Crippen LogP contribution in [0.4, 0.5) is 0 Å². The van der Waals surface area contributed by atoms with Crippen molar-refractivity contribution in [2.24, 2.45) is 11.3 Å². The van der Waals surface area contributed by atoms with Gasteiger partial charge in [-0.15, -0.1) is 0 Å². The van der Waals surface area contributed by atoms with Crippen LogP contribution < -0.4 is 5.32 Å². The van der Waals surface area contributed by atoms with Gasteiger partial charge < -0.3 is 5.32 Å². The quantitative estimate of drug-likeness (QED) is 0.823. The summed E-state index contributed by atoms with van der Waals surface area (Å²) in [6.45, 7) is 9.12. The highest BCUT2D eigenvalue weighted by Crippen LogP contribution is 2.22. The van der Waals surface area contributed by atoms with E-state index in [4.69, 9.17) is 5.26 Å². The maximum Gasteiger partial charge on any atom is 0.0697 e. The Labute approximate surface area is 111 Å². The van der Waals surface area contributed by atoms with Crippen molar-refractivity contribution in [1.29, 1.82) is 5.26 Å². The fraction of sp³-hybridized carbons (Fsp3) is 0.562. The third kappa shape index (κ3) is 4.89. The molecule has 1 aromatic rings. The monoisotopic (exact) mass is 244 g/mol. The summed E-state index contributed by atoms with van der Waals surface area (Å²) in [5.41, 5.74) is 0.990. The second-order valence-electron chi connectivity index (χ2n) is 5.97. The second-order valence-corrected chi connectivity index (χ2v) is 5.97. The van der Waals surface area contributed by atoms with Crippen LogP contribution in [0.3, 0.4) is 0 Å². The van der Waals surface area contributed by atoms with E-state index in [0.29, 0.717) is 12.0 Å². The summed E-state index contributed by atoms with van der Waals surface area (Å²) in [6, 6.07) is 13.2. The minimum Gasteiger partial charge on any atom is -0.308 e. The Hall–Kier alpha value is -1.33. The fourth-order valence-electron chi connectivity index (χ4n) is 1.91. The summed E-state index contributed by atoms with van der Waals surface area (Å²) in [5, 5.41) is 12.6. The Morgan fingerprint density at radius 1 is 1.22 bits per heavy atom. The Bertz CT molecular complexity index is 387. The zero-order valence-electron chi connectivity index (χ0n) is 11.9. The number of hydrogen-bond donors (Lipinski definition) is 1. The number of benzene rings is 1. The lowest BCUT2D eigenvalue weighted by Crippen LogP contribution is -2.32. The van der Waals surface area contributed by atoms with E-state index in [1.807, 2.05) is 19.9 Å². The molecule has 2 nitrogen and oxygen atoms in total. The molecule has 1 atom stereocenters. The summed E-state index contributed by atoms with van der Waals surface area (Å²) < 4.78 is 0. The van der Waals surface area contributed by atoms with E-state index in [2.05, 4.69) is 49.5 Å². The minimum absolute atomic E-state index is 0.315.